The summed E-state index contributed by atoms with van der Waals surface area (Å²) < 4.78 is 79.7. The third-order valence-corrected chi connectivity index (χ3v) is 7.85. The average molecular weight is 851 g/mol. The quantitative estimate of drug-likeness (QED) is 0.0965. The first-order chi connectivity index (χ1) is 28.6. The van der Waals surface area contributed by atoms with Gasteiger partial charge in [0.1, 0.15) is 24.3 Å². The van der Waals surface area contributed by atoms with Gasteiger partial charge in [-0.15, -0.1) is 10.2 Å². The van der Waals surface area contributed by atoms with E-state index >= 15 is 0 Å². The number of hydrogen-bond acceptors (Lipinski definition) is 11. The SMILES string of the molecule is Cc1cc(-c2ncn(/C=C\C(=O)O)n2)cc(C(F)(F)F)c1.Cc1cnc(C(C)N)nc1.Cc1cnc(C(C)NC(=O)/C=C\n2cnc(-c3cc(C)cc(C(F)(F)F)c3)n2)nc1. The van der Waals surface area contributed by atoms with E-state index in [1.807, 2.05) is 20.8 Å². The Morgan fingerprint density at radius 3 is 1.44 bits per heavy atom. The van der Waals surface area contributed by atoms with E-state index in [2.05, 4.69) is 45.4 Å². The first-order valence-corrected chi connectivity index (χ1v) is 18.0. The maximum atomic E-state index is 13.0. The Kier molecular flexibility index (Phi) is 15.4. The van der Waals surface area contributed by atoms with Gasteiger partial charge in [-0.3, -0.25) is 4.79 Å². The predicted octanol–water partition coefficient (Wildman–Crippen LogP) is 7.35. The lowest BCUT2D eigenvalue weighted by molar-refractivity contribution is -0.138. The molecule has 2 aromatic carbocycles. The summed E-state index contributed by atoms with van der Waals surface area (Å²) in [6.07, 6.45) is 5.04. The molecular formula is C40H40F6N12O3. The minimum Gasteiger partial charge on any atom is -0.478 e. The van der Waals surface area contributed by atoms with E-state index in [0.717, 1.165) is 52.4 Å². The van der Waals surface area contributed by atoms with Crippen LogP contribution in [0, 0.1) is 27.7 Å². The van der Waals surface area contributed by atoms with Gasteiger partial charge in [0.15, 0.2) is 11.6 Å². The van der Waals surface area contributed by atoms with Crippen molar-refractivity contribution in [2.24, 2.45) is 5.73 Å². The van der Waals surface area contributed by atoms with Crippen LogP contribution in [-0.2, 0) is 21.9 Å². The van der Waals surface area contributed by atoms with Crippen LogP contribution in [0.3, 0.4) is 0 Å². The number of amides is 1. The number of halogens is 6. The lowest BCUT2D eigenvalue weighted by atomic mass is 10.1. The highest BCUT2D eigenvalue weighted by atomic mass is 19.4. The van der Waals surface area contributed by atoms with Crippen LogP contribution in [0.4, 0.5) is 26.3 Å². The lowest BCUT2D eigenvalue weighted by Crippen LogP contribution is -2.26. The zero-order chi connectivity index (χ0) is 45.1. The second kappa shape index (κ2) is 20.2. The van der Waals surface area contributed by atoms with Gasteiger partial charge in [0, 0.05) is 60.5 Å². The smallest absolute Gasteiger partial charge is 0.416 e. The van der Waals surface area contributed by atoms with Gasteiger partial charge >= 0.3 is 18.3 Å². The number of carbonyl (C=O) groups is 2. The van der Waals surface area contributed by atoms with Crippen molar-refractivity contribution in [1.29, 1.82) is 0 Å². The van der Waals surface area contributed by atoms with Crippen molar-refractivity contribution >= 4 is 24.3 Å². The van der Waals surface area contributed by atoms with Crippen LogP contribution < -0.4 is 11.1 Å². The van der Waals surface area contributed by atoms with Crippen molar-refractivity contribution < 1.29 is 41.0 Å². The monoisotopic (exact) mass is 850 g/mol. The van der Waals surface area contributed by atoms with E-state index in [1.165, 1.54) is 35.7 Å². The summed E-state index contributed by atoms with van der Waals surface area (Å²) in [6.45, 7) is 10.5. The Morgan fingerprint density at radius 2 is 1.05 bits per heavy atom. The van der Waals surface area contributed by atoms with Gasteiger partial charge in [-0.25, -0.2) is 44.1 Å². The van der Waals surface area contributed by atoms with Crippen LogP contribution in [-0.4, -0.2) is 66.4 Å². The largest absolute Gasteiger partial charge is 0.478 e. The van der Waals surface area contributed by atoms with E-state index in [9.17, 15) is 35.9 Å². The normalized spacial score (nSPS) is 12.6. The van der Waals surface area contributed by atoms with Crippen molar-refractivity contribution in [3.8, 4) is 22.8 Å². The molecule has 4 N–H and O–H groups in total. The number of carboxylic acids is 1. The van der Waals surface area contributed by atoms with Crippen LogP contribution in [0.1, 0.15) is 71.0 Å². The number of nitrogens with one attached hydrogen (secondary N) is 1. The van der Waals surface area contributed by atoms with Crippen LogP contribution >= 0.6 is 0 Å². The Bertz CT molecular complexity index is 2480. The third-order valence-electron chi connectivity index (χ3n) is 7.85. The first-order valence-electron chi connectivity index (χ1n) is 18.0. The van der Waals surface area contributed by atoms with Crippen LogP contribution in [0.5, 0.6) is 0 Å². The number of carboxylic acid groups (broad SMARTS) is 1. The topological polar surface area (TPSA) is 205 Å². The number of alkyl halides is 6. The van der Waals surface area contributed by atoms with Gasteiger partial charge in [-0.1, -0.05) is 0 Å². The Balaban J connectivity index is 0.000000228. The molecular weight excluding hydrogens is 811 g/mol. The lowest BCUT2D eigenvalue weighted by Gasteiger charge is -2.10. The summed E-state index contributed by atoms with van der Waals surface area (Å²) in [7, 11) is 0. The number of aryl methyl sites for hydroxylation is 4. The molecule has 0 aliphatic rings. The predicted molar refractivity (Wildman–Crippen MR) is 211 cm³/mol. The van der Waals surface area contributed by atoms with Crippen molar-refractivity contribution in [2.45, 2.75) is 66.0 Å². The van der Waals surface area contributed by atoms with Gasteiger partial charge in [-0.05, 0) is 100 Å². The van der Waals surface area contributed by atoms with Crippen LogP contribution in [0.15, 0.2) is 86.0 Å². The Labute approximate surface area is 345 Å². The van der Waals surface area contributed by atoms with Gasteiger partial charge in [0.05, 0.1) is 23.2 Å². The highest BCUT2D eigenvalue weighted by Gasteiger charge is 2.32. The van der Waals surface area contributed by atoms with E-state index in [0.29, 0.717) is 22.8 Å². The van der Waals surface area contributed by atoms with E-state index in [-0.39, 0.29) is 28.8 Å². The summed E-state index contributed by atoms with van der Waals surface area (Å²) in [5.74, 6) is -0.188. The maximum absolute atomic E-state index is 13.0. The number of aliphatic carboxylic acids is 1. The van der Waals surface area contributed by atoms with Gasteiger partial charge in [-0.2, -0.15) is 26.3 Å². The van der Waals surface area contributed by atoms with Crippen molar-refractivity contribution in [1.82, 2.24) is 54.8 Å². The van der Waals surface area contributed by atoms with Crippen LogP contribution in [0.25, 0.3) is 35.2 Å². The van der Waals surface area contributed by atoms with Gasteiger partial charge in [0.25, 0.3) is 0 Å². The molecule has 4 heterocycles. The molecule has 0 bridgehead atoms. The molecule has 15 nitrogen and oxygen atoms in total. The van der Waals surface area contributed by atoms with E-state index in [1.54, 1.807) is 51.6 Å². The number of nitrogens with zero attached hydrogens (tertiary/aromatic N) is 10. The molecule has 21 heteroatoms. The van der Waals surface area contributed by atoms with Gasteiger partial charge in [0.2, 0.25) is 5.91 Å². The molecule has 0 spiro atoms. The molecule has 0 saturated carbocycles. The molecule has 0 fully saturated rings. The second-order valence-electron chi connectivity index (χ2n) is 13.5. The molecule has 0 aliphatic carbocycles. The second-order valence-corrected chi connectivity index (χ2v) is 13.5. The van der Waals surface area contributed by atoms with Crippen molar-refractivity contribution in [2.75, 3.05) is 0 Å². The average Bonchev–Trinajstić information content (AvgIpc) is 3.87. The number of hydrogen-bond donors (Lipinski definition) is 3. The van der Waals surface area contributed by atoms with E-state index < -0.39 is 41.4 Å². The van der Waals surface area contributed by atoms with E-state index in [4.69, 9.17) is 10.8 Å². The zero-order valence-corrected chi connectivity index (χ0v) is 33.5. The molecule has 6 aromatic rings. The summed E-state index contributed by atoms with van der Waals surface area (Å²) >= 11 is 0. The minimum absolute atomic E-state index is 0.0689. The molecule has 0 aliphatic heterocycles. The van der Waals surface area contributed by atoms with Crippen molar-refractivity contribution in [3.05, 3.63) is 131 Å². The molecule has 61 heavy (non-hydrogen) atoms. The molecule has 6 rings (SSSR count). The molecule has 4 aromatic heterocycles. The highest BCUT2D eigenvalue weighted by molar-refractivity contribution is 5.90. The Morgan fingerprint density at radius 1 is 0.639 bits per heavy atom. The third kappa shape index (κ3) is 14.6. The number of aromatic nitrogens is 10. The fourth-order valence-electron chi connectivity index (χ4n) is 4.98. The molecule has 2 unspecified atom stereocenters. The number of benzene rings is 2. The van der Waals surface area contributed by atoms with Gasteiger partial charge < -0.3 is 16.2 Å². The highest BCUT2D eigenvalue weighted by Crippen LogP contribution is 2.33. The Hall–Kier alpha value is -7.16. The summed E-state index contributed by atoms with van der Waals surface area (Å²) in [5.41, 5.74) is 7.28. The molecule has 1 amide bonds. The number of rotatable bonds is 9. The zero-order valence-electron chi connectivity index (χ0n) is 33.5. The maximum Gasteiger partial charge on any atom is 0.416 e. The first kappa shape index (κ1) is 46.5. The minimum atomic E-state index is -4.46. The van der Waals surface area contributed by atoms with Crippen LogP contribution in [0.2, 0.25) is 0 Å². The summed E-state index contributed by atoms with van der Waals surface area (Å²) in [5, 5.41) is 19.2. The molecule has 2 atom stereocenters. The summed E-state index contributed by atoms with van der Waals surface area (Å²) in [4.78, 5) is 46.8. The summed E-state index contributed by atoms with van der Waals surface area (Å²) in [6, 6.07) is 6.65. The molecule has 0 saturated heterocycles. The van der Waals surface area contributed by atoms with Crippen molar-refractivity contribution in [3.63, 3.8) is 0 Å². The molecule has 0 radical (unpaired) electrons. The fourth-order valence-corrected chi connectivity index (χ4v) is 4.98. The number of nitrogens with two attached hydrogens (primary N) is 1. The standard InChI is InChI=1S/C20H19F3N6O.C13H10F3N3O2.C7H11N3/c1-12-6-15(8-16(7-12)20(21,22)23)19-26-11-29(28-19)5-4-17(30)27-14(3)18-24-9-13(2)10-25-18;1-8-4-9(6-10(5-8)13(14,15)16)12-17-7-19(18-12)3-2-11(20)21;1-5-3-9-7(6(2)8)10-4-5/h4-11,14H,1-3H3,(H,27,30);2-7H,1H3,(H,20,21);3-4,6H,8H2,1-2H3/b5-4-;3-2-;. The number of carbonyl (C=O) groups excluding carboxylic acids is 1. The fraction of sp³-hybridized carbons (Fsp3) is 0.250. The molecule has 320 valence electrons.